The molecule has 0 aromatic heterocycles. The van der Waals surface area contributed by atoms with Crippen LogP contribution in [0.5, 0.6) is 0 Å². The van der Waals surface area contributed by atoms with Crippen LogP contribution in [0.1, 0.15) is 71.1 Å². The molecule has 0 atom stereocenters. The van der Waals surface area contributed by atoms with Gasteiger partial charge in [0.2, 0.25) is 5.91 Å². The van der Waals surface area contributed by atoms with Crippen LogP contribution < -0.4 is 0 Å². The molecule has 0 heterocycles. The first-order chi connectivity index (χ1) is 9.15. The van der Waals surface area contributed by atoms with Crippen molar-refractivity contribution in [2.75, 3.05) is 6.54 Å². The second kappa shape index (κ2) is 8.94. The fourth-order valence-electron chi connectivity index (χ4n) is 2.83. The Labute approximate surface area is 116 Å². The Bertz CT molecular complexity index is 283. The number of carbonyl (C=O) groups is 2. The molecule has 1 saturated carbocycles. The summed E-state index contributed by atoms with van der Waals surface area (Å²) in [7, 11) is 0. The molecule has 4 heteroatoms. The van der Waals surface area contributed by atoms with Crippen molar-refractivity contribution in [1.29, 1.82) is 0 Å². The minimum absolute atomic E-state index is 0.0615. The number of hydrogen-bond acceptors (Lipinski definition) is 2. The van der Waals surface area contributed by atoms with Gasteiger partial charge < -0.3 is 10.0 Å². The maximum Gasteiger partial charge on any atom is 0.305 e. The predicted molar refractivity (Wildman–Crippen MR) is 75.0 cm³/mol. The molecule has 1 rings (SSSR count). The maximum absolute atomic E-state index is 12.2. The number of amides is 1. The Kier molecular flexibility index (Phi) is 7.53. The van der Waals surface area contributed by atoms with Crippen molar-refractivity contribution in [3.05, 3.63) is 0 Å². The monoisotopic (exact) mass is 269 g/mol. The van der Waals surface area contributed by atoms with E-state index >= 15 is 0 Å². The highest BCUT2D eigenvalue weighted by atomic mass is 16.4. The van der Waals surface area contributed by atoms with Crippen LogP contribution in [0.2, 0.25) is 0 Å². The number of carbonyl (C=O) groups excluding carboxylic acids is 1. The van der Waals surface area contributed by atoms with Crippen LogP contribution in [-0.4, -0.2) is 34.5 Å². The normalized spacial score (nSPS) is 17.5. The lowest BCUT2D eigenvalue weighted by Gasteiger charge is -2.33. The Balaban J connectivity index is 2.62. The number of carboxylic acid groups (broad SMARTS) is 1. The molecule has 19 heavy (non-hydrogen) atoms. The van der Waals surface area contributed by atoms with Crippen molar-refractivity contribution in [2.24, 2.45) is 0 Å². The largest absolute Gasteiger partial charge is 0.481 e. The van der Waals surface area contributed by atoms with E-state index in [-0.39, 0.29) is 18.4 Å². The zero-order valence-electron chi connectivity index (χ0n) is 12.1. The topological polar surface area (TPSA) is 57.6 Å². The number of nitrogens with zero attached hydrogens (tertiary/aromatic N) is 1. The lowest BCUT2D eigenvalue weighted by Crippen LogP contribution is -2.41. The molecule has 1 fully saturated rings. The molecular formula is C15H27NO3. The Morgan fingerprint density at radius 3 is 2.16 bits per heavy atom. The van der Waals surface area contributed by atoms with Gasteiger partial charge >= 0.3 is 5.97 Å². The van der Waals surface area contributed by atoms with Gasteiger partial charge in [-0.1, -0.05) is 39.0 Å². The summed E-state index contributed by atoms with van der Waals surface area (Å²) in [6.45, 7) is 2.37. The van der Waals surface area contributed by atoms with Crippen LogP contribution in [0, 0.1) is 0 Å². The van der Waals surface area contributed by atoms with E-state index in [0.29, 0.717) is 13.0 Å². The number of aliphatic carboxylic acids is 1. The second-order valence-corrected chi connectivity index (χ2v) is 5.48. The average Bonchev–Trinajstić information content (AvgIpc) is 2.31. The summed E-state index contributed by atoms with van der Waals surface area (Å²) in [5.74, 6) is -0.686. The van der Waals surface area contributed by atoms with Gasteiger partial charge in [0.15, 0.2) is 0 Å². The van der Waals surface area contributed by atoms with Crippen molar-refractivity contribution in [1.82, 2.24) is 4.90 Å². The average molecular weight is 269 g/mol. The van der Waals surface area contributed by atoms with Crippen LogP contribution in [-0.2, 0) is 9.59 Å². The van der Waals surface area contributed by atoms with Gasteiger partial charge in [0.25, 0.3) is 0 Å². The van der Waals surface area contributed by atoms with Crippen LogP contribution in [0.15, 0.2) is 0 Å². The molecule has 0 aliphatic heterocycles. The predicted octanol–water partition coefficient (Wildman–Crippen LogP) is 3.20. The maximum atomic E-state index is 12.2. The minimum Gasteiger partial charge on any atom is -0.481 e. The molecule has 0 aromatic rings. The van der Waals surface area contributed by atoms with E-state index in [0.717, 1.165) is 32.1 Å². The summed E-state index contributed by atoms with van der Waals surface area (Å²) in [6, 6.07) is 0.263. The molecular weight excluding hydrogens is 242 g/mol. The van der Waals surface area contributed by atoms with E-state index in [4.69, 9.17) is 5.11 Å². The van der Waals surface area contributed by atoms with E-state index in [1.54, 1.807) is 0 Å². The van der Waals surface area contributed by atoms with E-state index in [1.165, 1.54) is 19.3 Å². The highest BCUT2D eigenvalue weighted by Crippen LogP contribution is 2.22. The quantitative estimate of drug-likeness (QED) is 0.805. The highest BCUT2D eigenvalue weighted by Gasteiger charge is 2.23. The number of hydrogen-bond donors (Lipinski definition) is 1. The number of carboxylic acids is 1. The summed E-state index contributed by atoms with van der Waals surface area (Å²) in [6.07, 6.45) is 9.60. The Morgan fingerprint density at radius 2 is 1.63 bits per heavy atom. The van der Waals surface area contributed by atoms with E-state index < -0.39 is 5.97 Å². The summed E-state index contributed by atoms with van der Waals surface area (Å²) in [5.41, 5.74) is 0. The molecule has 110 valence electrons. The molecule has 4 nitrogen and oxygen atoms in total. The summed E-state index contributed by atoms with van der Waals surface area (Å²) >= 11 is 0. The van der Waals surface area contributed by atoms with Crippen molar-refractivity contribution in [2.45, 2.75) is 77.2 Å². The highest BCUT2D eigenvalue weighted by molar-refractivity contribution is 5.77. The molecule has 0 radical (unpaired) electrons. The third-order valence-electron chi connectivity index (χ3n) is 3.87. The molecule has 1 aliphatic rings. The van der Waals surface area contributed by atoms with Crippen molar-refractivity contribution in [3.63, 3.8) is 0 Å². The van der Waals surface area contributed by atoms with Gasteiger partial charge in [-0.15, -0.1) is 0 Å². The third-order valence-corrected chi connectivity index (χ3v) is 3.87. The van der Waals surface area contributed by atoms with Gasteiger partial charge in [-0.2, -0.15) is 0 Å². The second-order valence-electron chi connectivity index (χ2n) is 5.48. The number of rotatable bonds is 6. The molecule has 0 spiro atoms. The van der Waals surface area contributed by atoms with Crippen LogP contribution in [0.4, 0.5) is 0 Å². The van der Waals surface area contributed by atoms with Gasteiger partial charge in [-0.3, -0.25) is 9.59 Å². The van der Waals surface area contributed by atoms with Crippen molar-refractivity contribution < 1.29 is 14.7 Å². The van der Waals surface area contributed by atoms with Gasteiger partial charge in [0, 0.05) is 19.0 Å². The zero-order valence-corrected chi connectivity index (χ0v) is 12.1. The standard InChI is InChI=1S/C15H27NO3/c1-2-8-14(17)16(12-11-15(18)19)13-9-6-4-3-5-7-10-13/h13H,2-12H2,1H3,(H,18,19). The third kappa shape index (κ3) is 6.08. The van der Waals surface area contributed by atoms with Crippen molar-refractivity contribution in [3.8, 4) is 0 Å². The van der Waals surface area contributed by atoms with E-state index in [2.05, 4.69) is 0 Å². The first-order valence-electron chi connectivity index (χ1n) is 7.66. The van der Waals surface area contributed by atoms with Crippen LogP contribution in [0.25, 0.3) is 0 Å². The molecule has 0 saturated heterocycles. The summed E-state index contributed by atoms with van der Waals surface area (Å²) in [5, 5.41) is 8.84. The summed E-state index contributed by atoms with van der Waals surface area (Å²) in [4.78, 5) is 24.8. The fourth-order valence-corrected chi connectivity index (χ4v) is 2.83. The van der Waals surface area contributed by atoms with Crippen LogP contribution in [0.3, 0.4) is 0 Å². The SMILES string of the molecule is CCCC(=O)N(CCC(=O)O)C1CCCCCCC1. The van der Waals surface area contributed by atoms with Crippen molar-refractivity contribution >= 4 is 11.9 Å². The van der Waals surface area contributed by atoms with E-state index in [1.807, 2.05) is 11.8 Å². The molecule has 0 bridgehead atoms. The molecule has 1 N–H and O–H groups in total. The first-order valence-corrected chi connectivity index (χ1v) is 7.66. The molecule has 0 unspecified atom stereocenters. The van der Waals surface area contributed by atoms with Gasteiger partial charge in [-0.25, -0.2) is 0 Å². The minimum atomic E-state index is -0.819. The molecule has 1 amide bonds. The van der Waals surface area contributed by atoms with Gasteiger partial charge in [0.1, 0.15) is 0 Å². The molecule has 1 aliphatic carbocycles. The lowest BCUT2D eigenvalue weighted by atomic mass is 9.95. The summed E-state index contributed by atoms with van der Waals surface area (Å²) < 4.78 is 0. The Hall–Kier alpha value is -1.06. The Morgan fingerprint density at radius 1 is 1.05 bits per heavy atom. The lowest BCUT2D eigenvalue weighted by molar-refractivity contribution is -0.139. The molecule has 0 aromatic carbocycles. The van der Waals surface area contributed by atoms with Gasteiger partial charge in [-0.05, 0) is 19.3 Å². The van der Waals surface area contributed by atoms with Gasteiger partial charge in [0.05, 0.1) is 6.42 Å². The van der Waals surface area contributed by atoms with Crippen LogP contribution >= 0.6 is 0 Å². The smallest absolute Gasteiger partial charge is 0.305 e. The van der Waals surface area contributed by atoms with E-state index in [9.17, 15) is 9.59 Å². The first kappa shape index (κ1) is 16.0. The zero-order chi connectivity index (χ0) is 14.1. The fraction of sp³-hybridized carbons (Fsp3) is 0.867.